The summed E-state index contributed by atoms with van der Waals surface area (Å²) in [5, 5.41) is 0.661. The van der Waals surface area contributed by atoms with Gasteiger partial charge in [-0.05, 0) is 48.7 Å². The van der Waals surface area contributed by atoms with E-state index in [0.717, 1.165) is 16.7 Å². The van der Waals surface area contributed by atoms with Crippen LogP contribution in [-0.2, 0) is 0 Å². The van der Waals surface area contributed by atoms with E-state index in [1.165, 1.54) is 6.07 Å². The number of ketones is 1. The molecule has 0 saturated heterocycles. The van der Waals surface area contributed by atoms with Crippen molar-refractivity contribution in [2.75, 3.05) is 6.79 Å². The molecule has 0 spiro atoms. The van der Waals surface area contributed by atoms with E-state index in [1.807, 2.05) is 32.0 Å². The molecule has 2 aliphatic rings. The number of rotatable bonds is 1. The molecule has 0 bridgehead atoms. The van der Waals surface area contributed by atoms with Gasteiger partial charge < -0.3 is 18.6 Å². The summed E-state index contributed by atoms with van der Waals surface area (Å²) in [6.45, 7) is 3.82. The van der Waals surface area contributed by atoms with Crippen molar-refractivity contribution in [3.8, 4) is 17.2 Å². The Labute approximate surface area is 154 Å². The second-order valence-corrected chi connectivity index (χ2v) is 6.87. The summed E-state index contributed by atoms with van der Waals surface area (Å²) in [5.74, 6) is 1.81. The predicted octanol–water partition coefficient (Wildman–Crippen LogP) is 3.85. The number of carbonyl (C=O) groups excluding carboxylic acids is 1. The maximum Gasteiger partial charge on any atom is 0.336 e. The zero-order chi connectivity index (χ0) is 18.7. The van der Waals surface area contributed by atoms with Crippen LogP contribution in [0.15, 0.2) is 39.5 Å². The van der Waals surface area contributed by atoms with Gasteiger partial charge in [0.15, 0.2) is 17.3 Å². The van der Waals surface area contributed by atoms with Gasteiger partial charge in [-0.3, -0.25) is 4.79 Å². The van der Waals surface area contributed by atoms with Crippen molar-refractivity contribution in [2.24, 2.45) is 0 Å². The minimum atomic E-state index is -0.448. The van der Waals surface area contributed by atoms with E-state index in [2.05, 4.69) is 0 Å². The fourth-order valence-electron chi connectivity index (χ4n) is 3.82. The van der Waals surface area contributed by atoms with Gasteiger partial charge >= 0.3 is 5.63 Å². The van der Waals surface area contributed by atoms with E-state index in [1.54, 1.807) is 6.07 Å². The van der Waals surface area contributed by atoms with Gasteiger partial charge in [0.05, 0.1) is 17.4 Å². The average Bonchev–Trinajstić information content (AvgIpc) is 3.08. The maximum atomic E-state index is 12.9. The fourth-order valence-corrected chi connectivity index (χ4v) is 3.82. The Morgan fingerprint density at radius 1 is 0.963 bits per heavy atom. The molecule has 1 aromatic heterocycles. The van der Waals surface area contributed by atoms with Gasteiger partial charge in [-0.25, -0.2) is 4.79 Å². The lowest BCUT2D eigenvalue weighted by Crippen LogP contribution is -2.22. The molecule has 0 fully saturated rings. The Hall–Kier alpha value is -3.28. The lowest BCUT2D eigenvalue weighted by molar-refractivity contribution is 0.0852. The number of aryl methyl sites for hydroxylation is 2. The first-order chi connectivity index (χ1) is 13.0. The van der Waals surface area contributed by atoms with Gasteiger partial charge in [0, 0.05) is 6.07 Å². The first-order valence-corrected chi connectivity index (χ1v) is 8.69. The normalized spacial score (nSPS) is 17.7. The van der Waals surface area contributed by atoms with Crippen LogP contribution in [-0.4, -0.2) is 12.6 Å². The number of carbonyl (C=O) groups is 1. The smallest absolute Gasteiger partial charge is 0.336 e. The third-order valence-electron chi connectivity index (χ3n) is 5.06. The first kappa shape index (κ1) is 15.9. The molecule has 0 radical (unpaired) electrons. The fraction of sp³-hybridized carbons (Fsp3) is 0.238. The molecular formula is C21H16O6. The zero-order valence-corrected chi connectivity index (χ0v) is 14.8. The minimum Gasteiger partial charge on any atom is -0.484 e. The SMILES string of the molecule is Cc1cc2oc(=O)cc(C)c2c2c1C(=O)CC(c1ccc3c(c1)OCO3)O2. The molecule has 0 amide bonds. The lowest BCUT2D eigenvalue weighted by atomic mass is 9.91. The average molecular weight is 364 g/mol. The number of fused-ring (bicyclic) bond motifs is 4. The van der Waals surface area contributed by atoms with Crippen LogP contribution in [0.5, 0.6) is 17.2 Å². The topological polar surface area (TPSA) is 75.0 Å². The van der Waals surface area contributed by atoms with Crippen molar-refractivity contribution in [1.82, 2.24) is 0 Å². The van der Waals surface area contributed by atoms with Crippen LogP contribution >= 0.6 is 0 Å². The van der Waals surface area contributed by atoms with Crippen LogP contribution in [0.2, 0.25) is 0 Å². The third kappa shape index (κ3) is 2.40. The number of ether oxygens (including phenoxy) is 3. The van der Waals surface area contributed by atoms with Crippen molar-refractivity contribution < 1.29 is 23.4 Å². The summed E-state index contributed by atoms with van der Waals surface area (Å²) in [6.07, 6.45) is -0.217. The molecule has 5 rings (SSSR count). The number of benzene rings is 2. The number of Topliss-reactive ketones (excluding diaryl/α,β-unsaturated/α-hetero) is 1. The molecule has 1 atom stereocenters. The van der Waals surface area contributed by atoms with Gasteiger partial charge in [0.2, 0.25) is 6.79 Å². The summed E-state index contributed by atoms with van der Waals surface area (Å²) >= 11 is 0. The molecule has 27 heavy (non-hydrogen) atoms. The van der Waals surface area contributed by atoms with E-state index < -0.39 is 11.7 Å². The van der Waals surface area contributed by atoms with Crippen molar-refractivity contribution in [2.45, 2.75) is 26.4 Å². The molecule has 6 nitrogen and oxygen atoms in total. The summed E-state index contributed by atoms with van der Waals surface area (Å²) in [6, 6.07) is 8.68. The minimum absolute atomic E-state index is 0.00363. The molecule has 2 aromatic carbocycles. The Balaban J connectivity index is 1.68. The predicted molar refractivity (Wildman–Crippen MR) is 96.8 cm³/mol. The van der Waals surface area contributed by atoms with Crippen molar-refractivity contribution >= 4 is 16.8 Å². The molecule has 1 unspecified atom stereocenters. The van der Waals surface area contributed by atoms with E-state index in [4.69, 9.17) is 18.6 Å². The van der Waals surface area contributed by atoms with Crippen LogP contribution < -0.4 is 19.8 Å². The van der Waals surface area contributed by atoms with Gasteiger partial charge in [-0.1, -0.05) is 6.07 Å². The van der Waals surface area contributed by atoms with Crippen LogP contribution in [0.4, 0.5) is 0 Å². The Kier molecular flexibility index (Phi) is 3.31. The highest BCUT2D eigenvalue weighted by molar-refractivity contribution is 6.07. The molecule has 136 valence electrons. The van der Waals surface area contributed by atoms with E-state index >= 15 is 0 Å². The zero-order valence-electron chi connectivity index (χ0n) is 14.8. The quantitative estimate of drug-likeness (QED) is 0.611. The Morgan fingerprint density at radius 2 is 1.78 bits per heavy atom. The van der Waals surface area contributed by atoms with Gasteiger partial charge in [-0.2, -0.15) is 0 Å². The molecule has 3 heterocycles. The molecular weight excluding hydrogens is 348 g/mol. The summed E-state index contributed by atoms with van der Waals surface area (Å²) < 4.78 is 22.4. The summed E-state index contributed by atoms with van der Waals surface area (Å²) in [7, 11) is 0. The molecule has 3 aromatic rings. The molecule has 0 aliphatic carbocycles. The largest absolute Gasteiger partial charge is 0.484 e. The van der Waals surface area contributed by atoms with Crippen molar-refractivity contribution in [1.29, 1.82) is 0 Å². The Morgan fingerprint density at radius 3 is 2.63 bits per heavy atom. The van der Waals surface area contributed by atoms with Crippen LogP contribution in [0, 0.1) is 13.8 Å². The number of hydrogen-bond donors (Lipinski definition) is 0. The van der Waals surface area contributed by atoms with Crippen molar-refractivity contribution in [3.63, 3.8) is 0 Å². The summed E-state index contributed by atoms with van der Waals surface area (Å²) in [4.78, 5) is 24.7. The van der Waals surface area contributed by atoms with E-state index in [9.17, 15) is 9.59 Å². The highest BCUT2D eigenvalue weighted by atomic mass is 16.7. The molecule has 0 saturated carbocycles. The second-order valence-electron chi connectivity index (χ2n) is 6.87. The van der Waals surface area contributed by atoms with Crippen molar-refractivity contribution in [3.05, 3.63) is 63.0 Å². The van der Waals surface area contributed by atoms with Gasteiger partial charge in [-0.15, -0.1) is 0 Å². The van der Waals surface area contributed by atoms with Crippen LogP contribution in [0.1, 0.15) is 39.6 Å². The van der Waals surface area contributed by atoms with Gasteiger partial charge in [0.1, 0.15) is 17.4 Å². The standard InChI is InChI=1S/C21H16O6/c1-10-5-17-20(11(2)6-18(23)26-17)21-19(10)13(22)8-15(27-21)12-3-4-14-16(7-12)25-9-24-14/h3-7,15H,8-9H2,1-2H3. The monoisotopic (exact) mass is 364 g/mol. The van der Waals surface area contributed by atoms with E-state index in [0.29, 0.717) is 33.8 Å². The highest BCUT2D eigenvalue weighted by Gasteiger charge is 2.32. The summed E-state index contributed by atoms with van der Waals surface area (Å²) in [5.41, 5.74) is 2.85. The molecule has 2 aliphatic heterocycles. The lowest BCUT2D eigenvalue weighted by Gasteiger charge is -2.28. The Bertz CT molecular complexity index is 1170. The first-order valence-electron chi connectivity index (χ1n) is 8.69. The highest BCUT2D eigenvalue weighted by Crippen LogP contribution is 2.44. The van der Waals surface area contributed by atoms with Gasteiger partial charge in [0.25, 0.3) is 0 Å². The molecule has 0 N–H and O–H groups in total. The van der Waals surface area contributed by atoms with E-state index in [-0.39, 0.29) is 19.0 Å². The maximum absolute atomic E-state index is 12.9. The van der Waals surface area contributed by atoms with Crippen LogP contribution in [0.25, 0.3) is 11.0 Å². The van der Waals surface area contributed by atoms with Crippen LogP contribution in [0.3, 0.4) is 0 Å². The molecule has 6 heteroatoms. The second kappa shape index (κ2) is 5.61. The third-order valence-corrected chi connectivity index (χ3v) is 5.06. The number of hydrogen-bond acceptors (Lipinski definition) is 6.